The number of amides is 1. The fourth-order valence-corrected chi connectivity index (χ4v) is 3.51. The molecule has 5 heteroatoms. The topological polar surface area (TPSA) is 75.6 Å². The number of fused-ring (bicyclic) bond motifs is 2. The van der Waals surface area contributed by atoms with Crippen molar-refractivity contribution in [2.24, 2.45) is 11.8 Å². The second-order valence-corrected chi connectivity index (χ2v) is 5.99. The van der Waals surface area contributed by atoms with Gasteiger partial charge in [-0.1, -0.05) is 23.8 Å². The fraction of sp³-hybridized carbons (Fsp3) is 0.625. The molecule has 5 nitrogen and oxygen atoms in total. The van der Waals surface area contributed by atoms with Gasteiger partial charge in [0, 0.05) is 6.54 Å². The minimum atomic E-state index is -0.956. The van der Waals surface area contributed by atoms with Crippen LogP contribution in [0, 0.1) is 11.8 Å². The molecule has 3 rings (SSSR count). The van der Waals surface area contributed by atoms with E-state index in [2.05, 4.69) is 11.4 Å². The van der Waals surface area contributed by atoms with Gasteiger partial charge in [0.25, 0.3) is 0 Å². The maximum Gasteiger partial charge on any atom is 0.310 e. The van der Waals surface area contributed by atoms with E-state index in [0.29, 0.717) is 6.54 Å². The number of allylic oxidation sites excluding steroid dienone is 1. The summed E-state index contributed by atoms with van der Waals surface area (Å²) in [7, 11) is 0. The van der Waals surface area contributed by atoms with Gasteiger partial charge >= 0.3 is 5.97 Å². The molecule has 2 heterocycles. The van der Waals surface area contributed by atoms with Crippen LogP contribution in [0.3, 0.4) is 0 Å². The van der Waals surface area contributed by atoms with Gasteiger partial charge in [0.05, 0.1) is 18.1 Å². The first kappa shape index (κ1) is 14.3. The number of aliphatic carboxylic acids is 1. The first-order chi connectivity index (χ1) is 10.2. The summed E-state index contributed by atoms with van der Waals surface area (Å²) < 4.78 is 5.51. The highest BCUT2D eigenvalue weighted by molar-refractivity contribution is 5.87. The summed E-state index contributed by atoms with van der Waals surface area (Å²) in [5, 5.41) is 12.2. The van der Waals surface area contributed by atoms with Crippen molar-refractivity contribution in [2.45, 2.75) is 44.3 Å². The predicted octanol–water partition coefficient (Wildman–Crippen LogP) is 1.65. The van der Waals surface area contributed by atoms with Crippen LogP contribution in [0.4, 0.5) is 0 Å². The highest BCUT2D eigenvalue weighted by Gasteiger charge is 2.53. The zero-order valence-corrected chi connectivity index (χ0v) is 12.0. The summed E-state index contributed by atoms with van der Waals surface area (Å²) in [6.07, 6.45) is 10.6. The van der Waals surface area contributed by atoms with Crippen LogP contribution in [0.2, 0.25) is 0 Å². The smallest absolute Gasteiger partial charge is 0.310 e. The first-order valence-corrected chi connectivity index (χ1v) is 7.69. The van der Waals surface area contributed by atoms with Gasteiger partial charge < -0.3 is 15.2 Å². The Balaban J connectivity index is 1.54. The number of carbonyl (C=O) groups excluding carboxylic acids is 1. The second-order valence-electron chi connectivity index (χ2n) is 5.99. The SMILES string of the molecule is O=C(O)[C@@H]1[C@H](C(=O)NCCC2=CCCCC2)[C@H]2C=C[C@@H]1O2. The molecular formula is C16H21NO4. The zero-order chi connectivity index (χ0) is 14.8. The molecular weight excluding hydrogens is 270 g/mol. The molecule has 0 unspecified atom stereocenters. The van der Waals surface area contributed by atoms with Crippen molar-refractivity contribution in [2.75, 3.05) is 6.54 Å². The molecule has 1 saturated heterocycles. The van der Waals surface area contributed by atoms with Crippen LogP contribution < -0.4 is 5.32 Å². The molecule has 2 bridgehead atoms. The van der Waals surface area contributed by atoms with Gasteiger partial charge in [0.15, 0.2) is 0 Å². The Morgan fingerprint density at radius 1 is 1.24 bits per heavy atom. The highest BCUT2D eigenvalue weighted by Crippen LogP contribution is 2.39. The van der Waals surface area contributed by atoms with Crippen molar-refractivity contribution >= 4 is 11.9 Å². The minimum absolute atomic E-state index is 0.198. The molecule has 2 aliphatic heterocycles. The first-order valence-electron chi connectivity index (χ1n) is 7.69. The predicted molar refractivity (Wildman–Crippen MR) is 76.6 cm³/mol. The van der Waals surface area contributed by atoms with Crippen LogP contribution in [0.25, 0.3) is 0 Å². The molecule has 1 aliphatic carbocycles. The normalized spacial score (nSPS) is 33.8. The molecule has 1 amide bonds. The van der Waals surface area contributed by atoms with Gasteiger partial charge in [0.1, 0.15) is 5.92 Å². The van der Waals surface area contributed by atoms with Gasteiger partial charge in [-0.05, 0) is 32.1 Å². The Morgan fingerprint density at radius 3 is 2.67 bits per heavy atom. The van der Waals surface area contributed by atoms with Crippen LogP contribution in [-0.2, 0) is 14.3 Å². The number of rotatable bonds is 5. The van der Waals surface area contributed by atoms with E-state index < -0.39 is 23.9 Å². The van der Waals surface area contributed by atoms with Crippen molar-refractivity contribution in [3.05, 3.63) is 23.8 Å². The van der Waals surface area contributed by atoms with E-state index in [1.54, 1.807) is 12.2 Å². The van der Waals surface area contributed by atoms with Gasteiger partial charge in [-0.15, -0.1) is 0 Å². The Hall–Kier alpha value is -1.62. The molecule has 21 heavy (non-hydrogen) atoms. The Labute approximate surface area is 124 Å². The van der Waals surface area contributed by atoms with E-state index in [0.717, 1.165) is 19.3 Å². The maximum absolute atomic E-state index is 12.3. The number of carboxylic acid groups (broad SMARTS) is 1. The monoisotopic (exact) mass is 291 g/mol. The number of carbonyl (C=O) groups is 2. The molecule has 3 aliphatic rings. The van der Waals surface area contributed by atoms with E-state index >= 15 is 0 Å². The molecule has 0 spiro atoms. The lowest BCUT2D eigenvalue weighted by atomic mass is 9.82. The van der Waals surface area contributed by atoms with E-state index in [1.165, 1.54) is 18.4 Å². The van der Waals surface area contributed by atoms with Gasteiger partial charge in [-0.3, -0.25) is 9.59 Å². The average molecular weight is 291 g/mol. The number of hydrogen-bond donors (Lipinski definition) is 2. The highest BCUT2D eigenvalue weighted by atomic mass is 16.5. The Morgan fingerprint density at radius 2 is 2.00 bits per heavy atom. The van der Waals surface area contributed by atoms with Crippen LogP contribution in [0.5, 0.6) is 0 Å². The third-order valence-corrected chi connectivity index (χ3v) is 4.62. The number of carboxylic acids is 1. The van der Waals surface area contributed by atoms with Crippen LogP contribution in [0.15, 0.2) is 23.8 Å². The third kappa shape index (κ3) is 2.88. The minimum Gasteiger partial charge on any atom is -0.481 e. The Bertz CT molecular complexity index is 497. The molecule has 114 valence electrons. The number of ether oxygens (including phenoxy) is 1. The number of hydrogen-bond acceptors (Lipinski definition) is 3. The second kappa shape index (κ2) is 6.02. The third-order valence-electron chi connectivity index (χ3n) is 4.62. The van der Waals surface area contributed by atoms with Crippen molar-refractivity contribution in [1.29, 1.82) is 0 Å². The average Bonchev–Trinajstić information content (AvgIpc) is 3.08. The van der Waals surface area contributed by atoms with E-state index in [9.17, 15) is 14.7 Å². The summed E-state index contributed by atoms with van der Waals surface area (Å²) >= 11 is 0. The summed E-state index contributed by atoms with van der Waals surface area (Å²) in [6, 6.07) is 0. The molecule has 0 aromatic rings. The van der Waals surface area contributed by atoms with E-state index in [4.69, 9.17) is 4.74 Å². The summed E-state index contributed by atoms with van der Waals surface area (Å²) in [4.78, 5) is 23.6. The molecule has 0 radical (unpaired) electrons. The van der Waals surface area contributed by atoms with Gasteiger partial charge in [-0.25, -0.2) is 0 Å². The lowest BCUT2D eigenvalue weighted by Crippen LogP contribution is -2.42. The molecule has 4 atom stereocenters. The molecule has 2 N–H and O–H groups in total. The van der Waals surface area contributed by atoms with Gasteiger partial charge in [0.2, 0.25) is 5.91 Å². The number of nitrogens with one attached hydrogen (secondary N) is 1. The summed E-state index contributed by atoms with van der Waals surface area (Å²) in [5.74, 6) is -2.51. The van der Waals surface area contributed by atoms with Crippen molar-refractivity contribution in [1.82, 2.24) is 5.32 Å². The van der Waals surface area contributed by atoms with E-state index in [1.807, 2.05) is 0 Å². The lowest BCUT2D eigenvalue weighted by Gasteiger charge is -2.21. The fourth-order valence-electron chi connectivity index (χ4n) is 3.51. The quantitative estimate of drug-likeness (QED) is 0.755. The van der Waals surface area contributed by atoms with Crippen LogP contribution in [-0.4, -0.2) is 35.7 Å². The van der Waals surface area contributed by atoms with Crippen molar-refractivity contribution in [3.63, 3.8) is 0 Å². The Kier molecular flexibility index (Phi) is 4.10. The zero-order valence-electron chi connectivity index (χ0n) is 12.0. The molecule has 1 fully saturated rings. The summed E-state index contributed by atoms with van der Waals surface area (Å²) in [5.41, 5.74) is 1.40. The van der Waals surface area contributed by atoms with Gasteiger partial charge in [-0.2, -0.15) is 0 Å². The molecule has 0 aromatic carbocycles. The molecule has 0 aromatic heterocycles. The van der Waals surface area contributed by atoms with Crippen molar-refractivity contribution in [3.8, 4) is 0 Å². The van der Waals surface area contributed by atoms with Crippen molar-refractivity contribution < 1.29 is 19.4 Å². The molecule has 0 saturated carbocycles. The maximum atomic E-state index is 12.3. The largest absolute Gasteiger partial charge is 0.481 e. The van der Waals surface area contributed by atoms with Crippen LogP contribution in [0.1, 0.15) is 32.1 Å². The summed E-state index contributed by atoms with van der Waals surface area (Å²) in [6.45, 7) is 0.578. The van der Waals surface area contributed by atoms with E-state index in [-0.39, 0.29) is 12.0 Å². The lowest BCUT2D eigenvalue weighted by molar-refractivity contribution is -0.146. The van der Waals surface area contributed by atoms with Crippen LogP contribution >= 0.6 is 0 Å². The standard InChI is InChI=1S/C16H21NO4/c18-15(17-9-8-10-4-2-1-3-5-10)13-11-6-7-12(21-11)14(13)16(19)20/h4,6-7,11-14H,1-3,5,8-9H2,(H,17,18)(H,19,20)/t11-,12+,13-,14+/m1/s1.